The fourth-order valence-electron chi connectivity index (χ4n) is 3.47. The van der Waals surface area contributed by atoms with Gasteiger partial charge in [0.2, 0.25) is 0 Å². The van der Waals surface area contributed by atoms with Crippen LogP contribution in [0, 0.1) is 0 Å². The zero-order valence-electron chi connectivity index (χ0n) is 18.6. The lowest BCUT2D eigenvalue weighted by Gasteiger charge is -2.18. The molecule has 0 unspecified atom stereocenters. The molecule has 0 aliphatic carbocycles. The van der Waals surface area contributed by atoms with Crippen molar-refractivity contribution in [2.45, 2.75) is 20.8 Å². The second-order valence-electron chi connectivity index (χ2n) is 6.98. The van der Waals surface area contributed by atoms with E-state index in [4.69, 9.17) is 14.2 Å². The Kier molecular flexibility index (Phi) is 7.49. The van der Waals surface area contributed by atoms with E-state index in [2.05, 4.69) is 6.58 Å². The van der Waals surface area contributed by atoms with Crippen LogP contribution in [0.4, 0.5) is 5.69 Å². The zero-order chi connectivity index (χ0) is 23.1. The van der Waals surface area contributed by atoms with Gasteiger partial charge in [0.15, 0.2) is 0 Å². The smallest absolute Gasteiger partial charge is 0.340 e. The molecule has 6 heteroatoms. The molecule has 2 aromatic rings. The van der Waals surface area contributed by atoms with E-state index in [0.717, 1.165) is 5.56 Å². The first-order chi connectivity index (χ1) is 15.5. The summed E-state index contributed by atoms with van der Waals surface area (Å²) in [5.41, 5.74) is 2.42. The summed E-state index contributed by atoms with van der Waals surface area (Å²) < 4.78 is 16.3. The molecule has 1 amide bonds. The Labute approximate surface area is 188 Å². The number of hydrogen-bond acceptors (Lipinski definition) is 5. The lowest BCUT2D eigenvalue weighted by atomic mass is 10.0. The standard InChI is InChI=1S/C26H27NO5/c1-5-15-32-22-10-8-9-19(16-22)17-23-24(26(29)31-7-3)18(4)27(25(23)28)20-11-13-21(14-12-20)30-6-2/h5,8-14,16-17H,1,6-7,15H2,2-4H3/b23-17-. The average molecular weight is 434 g/mol. The van der Waals surface area contributed by atoms with Crippen LogP contribution in [-0.2, 0) is 14.3 Å². The summed E-state index contributed by atoms with van der Waals surface area (Å²) in [5, 5.41) is 0. The topological polar surface area (TPSA) is 65.1 Å². The second-order valence-corrected chi connectivity index (χ2v) is 6.98. The van der Waals surface area contributed by atoms with Gasteiger partial charge in [0.1, 0.15) is 18.1 Å². The van der Waals surface area contributed by atoms with Crippen molar-refractivity contribution in [2.24, 2.45) is 0 Å². The van der Waals surface area contributed by atoms with E-state index < -0.39 is 5.97 Å². The summed E-state index contributed by atoms with van der Waals surface area (Å²) >= 11 is 0. The molecule has 166 valence electrons. The molecule has 0 N–H and O–H groups in total. The van der Waals surface area contributed by atoms with E-state index >= 15 is 0 Å². The van der Waals surface area contributed by atoms with Gasteiger partial charge in [-0.1, -0.05) is 24.8 Å². The Bertz CT molecular complexity index is 1070. The monoisotopic (exact) mass is 433 g/mol. The van der Waals surface area contributed by atoms with Crippen LogP contribution in [0.5, 0.6) is 11.5 Å². The molecule has 3 rings (SSSR count). The highest BCUT2D eigenvalue weighted by Crippen LogP contribution is 2.36. The Morgan fingerprint density at radius 1 is 1.03 bits per heavy atom. The van der Waals surface area contributed by atoms with Crippen LogP contribution >= 0.6 is 0 Å². The highest BCUT2D eigenvalue weighted by molar-refractivity contribution is 6.23. The number of anilines is 1. The average Bonchev–Trinajstić information content (AvgIpc) is 3.03. The van der Waals surface area contributed by atoms with Gasteiger partial charge in [-0.15, -0.1) is 0 Å². The van der Waals surface area contributed by atoms with Gasteiger partial charge in [-0.2, -0.15) is 0 Å². The van der Waals surface area contributed by atoms with Crippen molar-refractivity contribution >= 4 is 23.6 Å². The van der Waals surface area contributed by atoms with Crippen LogP contribution in [0.3, 0.4) is 0 Å². The number of carbonyl (C=O) groups excluding carboxylic acids is 2. The summed E-state index contributed by atoms with van der Waals surface area (Å²) in [4.78, 5) is 27.7. The number of rotatable bonds is 9. The van der Waals surface area contributed by atoms with Crippen molar-refractivity contribution in [1.82, 2.24) is 0 Å². The largest absolute Gasteiger partial charge is 0.494 e. The number of carbonyl (C=O) groups is 2. The molecular formula is C26H27NO5. The number of nitrogens with zero attached hydrogens (tertiary/aromatic N) is 1. The van der Waals surface area contributed by atoms with Crippen molar-refractivity contribution < 1.29 is 23.8 Å². The lowest BCUT2D eigenvalue weighted by molar-refractivity contribution is -0.138. The third-order valence-electron chi connectivity index (χ3n) is 4.82. The number of esters is 1. The molecule has 0 radical (unpaired) electrons. The molecule has 2 aromatic carbocycles. The molecule has 0 spiro atoms. The van der Waals surface area contributed by atoms with E-state index in [0.29, 0.717) is 36.1 Å². The van der Waals surface area contributed by atoms with Gasteiger partial charge < -0.3 is 14.2 Å². The molecule has 0 saturated carbocycles. The lowest BCUT2D eigenvalue weighted by Crippen LogP contribution is -2.24. The van der Waals surface area contributed by atoms with Gasteiger partial charge in [-0.25, -0.2) is 4.79 Å². The Morgan fingerprint density at radius 2 is 1.78 bits per heavy atom. The van der Waals surface area contributed by atoms with Gasteiger partial charge >= 0.3 is 5.97 Å². The Balaban J connectivity index is 2.03. The van der Waals surface area contributed by atoms with Crippen molar-refractivity contribution in [2.75, 3.05) is 24.7 Å². The number of benzene rings is 2. The van der Waals surface area contributed by atoms with E-state index in [-0.39, 0.29) is 23.7 Å². The fraction of sp³-hybridized carbons (Fsp3) is 0.231. The van der Waals surface area contributed by atoms with Gasteiger partial charge in [-0.3, -0.25) is 9.69 Å². The zero-order valence-corrected chi connectivity index (χ0v) is 18.6. The Hall–Kier alpha value is -3.80. The minimum Gasteiger partial charge on any atom is -0.494 e. The van der Waals surface area contributed by atoms with E-state index in [9.17, 15) is 9.59 Å². The minimum atomic E-state index is -0.530. The molecule has 0 saturated heterocycles. The highest BCUT2D eigenvalue weighted by Gasteiger charge is 2.38. The van der Waals surface area contributed by atoms with E-state index in [1.807, 2.05) is 25.1 Å². The fourth-order valence-corrected chi connectivity index (χ4v) is 3.47. The van der Waals surface area contributed by atoms with Crippen molar-refractivity contribution in [3.63, 3.8) is 0 Å². The second kappa shape index (κ2) is 10.5. The minimum absolute atomic E-state index is 0.213. The summed E-state index contributed by atoms with van der Waals surface area (Å²) in [6.45, 7) is 10.2. The first-order valence-corrected chi connectivity index (χ1v) is 10.5. The van der Waals surface area contributed by atoms with Gasteiger partial charge in [-0.05, 0) is 68.8 Å². The molecule has 1 aliphatic rings. The van der Waals surface area contributed by atoms with Crippen LogP contribution in [0.1, 0.15) is 26.3 Å². The Morgan fingerprint density at radius 3 is 2.44 bits per heavy atom. The quantitative estimate of drug-likeness (QED) is 0.319. The predicted molar refractivity (Wildman–Crippen MR) is 125 cm³/mol. The maximum Gasteiger partial charge on any atom is 0.340 e. The van der Waals surface area contributed by atoms with Gasteiger partial charge in [0.05, 0.1) is 24.4 Å². The summed E-state index contributed by atoms with van der Waals surface area (Å²) in [7, 11) is 0. The maximum absolute atomic E-state index is 13.4. The molecular weight excluding hydrogens is 406 g/mol. The predicted octanol–water partition coefficient (Wildman–Crippen LogP) is 4.92. The van der Waals surface area contributed by atoms with Crippen LogP contribution < -0.4 is 14.4 Å². The number of ether oxygens (including phenoxy) is 3. The molecule has 0 bridgehead atoms. The third kappa shape index (κ3) is 4.91. The van der Waals surface area contributed by atoms with Crippen molar-refractivity contribution in [3.8, 4) is 11.5 Å². The van der Waals surface area contributed by atoms with Crippen LogP contribution in [0.2, 0.25) is 0 Å². The molecule has 32 heavy (non-hydrogen) atoms. The number of amides is 1. The number of hydrogen-bond donors (Lipinski definition) is 0. The molecule has 0 fully saturated rings. The van der Waals surface area contributed by atoms with Gasteiger partial charge in [0.25, 0.3) is 5.91 Å². The van der Waals surface area contributed by atoms with Crippen LogP contribution in [0.25, 0.3) is 6.08 Å². The summed E-state index contributed by atoms with van der Waals surface area (Å²) in [6.07, 6.45) is 3.35. The molecule has 1 aliphatic heterocycles. The van der Waals surface area contributed by atoms with Gasteiger partial charge in [0, 0.05) is 11.4 Å². The molecule has 0 atom stereocenters. The van der Waals surface area contributed by atoms with Crippen molar-refractivity contribution in [1.29, 1.82) is 0 Å². The van der Waals surface area contributed by atoms with Crippen molar-refractivity contribution in [3.05, 3.63) is 83.6 Å². The maximum atomic E-state index is 13.4. The van der Waals surface area contributed by atoms with Crippen LogP contribution in [0.15, 0.2) is 78.0 Å². The molecule has 0 aromatic heterocycles. The molecule has 6 nitrogen and oxygen atoms in total. The third-order valence-corrected chi connectivity index (χ3v) is 4.82. The first kappa shape index (κ1) is 22.9. The highest BCUT2D eigenvalue weighted by atomic mass is 16.5. The SMILES string of the molecule is C=CCOc1cccc(/C=C2\C(=O)N(c3ccc(OCC)cc3)C(C)=C2C(=O)OCC)c1. The number of allylic oxidation sites excluding steroid dienone is 1. The summed E-state index contributed by atoms with van der Waals surface area (Å²) in [6, 6.07) is 14.5. The normalized spacial score (nSPS) is 14.7. The first-order valence-electron chi connectivity index (χ1n) is 10.5. The molecule has 1 heterocycles. The van der Waals surface area contributed by atoms with E-state index in [1.165, 1.54) is 4.90 Å². The van der Waals surface area contributed by atoms with Crippen LogP contribution in [-0.4, -0.2) is 31.7 Å². The van der Waals surface area contributed by atoms with E-state index in [1.54, 1.807) is 56.3 Å². The summed E-state index contributed by atoms with van der Waals surface area (Å²) in [5.74, 6) is 0.526.